The highest BCUT2D eigenvalue weighted by molar-refractivity contribution is 5.14. The van der Waals surface area contributed by atoms with Gasteiger partial charge in [0.25, 0.3) is 0 Å². The number of benzene rings is 2. The monoisotopic (exact) mass is 374 g/mol. The number of aliphatic hydroxyl groups excluding tert-OH is 2. The molecule has 0 aromatic heterocycles. The summed E-state index contributed by atoms with van der Waals surface area (Å²) in [5, 5.41) is 20.5. The molecule has 2 aromatic carbocycles. The minimum atomic E-state index is -1.01. The van der Waals surface area contributed by atoms with Crippen molar-refractivity contribution < 1.29 is 29.2 Å². The average Bonchev–Trinajstić information content (AvgIpc) is 2.73. The molecule has 0 bridgehead atoms. The smallest absolute Gasteiger partial charge is 0.186 e. The van der Waals surface area contributed by atoms with Crippen LogP contribution < -0.4 is 0 Å². The van der Waals surface area contributed by atoms with Gasteiger partial charge in [-0.15, -0.1) is 0 Å². The Kier molecular flexibility index (Phi) is 7.34. The third-order valence-electron chi connectivity index (χ3n) is 4.60. The predicted molar refractivity (Wildman–Crippen MR) is 98.8 cm³/mol. The summed E-state index contributed by atoms with van der Waals surface area (Å²) in [5.74, 6) is 0. The summed E-state index contributed by atoms with van der Waals surface area (Å²) in [6, 6.07) is 19.3. The lowest BCUT2D eigenvalue weighted by Gasteiger charge is -2.43. The van der Waals surface area contributed by atoms with Crippen LogP contribution in [0.2, 0.25) is 0 Å². The van der Waals surface area contributed by atoms with E-state index in [-0.39, 0.29) is 6.61 Å². The summed E-state index contributed by atoms with van der Waals surface area (Å²) in [6.45, 7) is 0.314. The van der Waals surface area contributed by atoms with E-state index >= 15 is 0 Å². The Bertz CT molecular complexity index is 607. The Morgan fingerprint density at radius 3 is 1.85 bits per heavy atom. The molecule has 2 aromatic rings. The number of methoxy groups -OCH3 is 1. The molecular formula is C21H26O6. The first-order valence-corrected chi connectivity index (χ1v) is 9.01. The zero-order valence-corrected chi connectivity index (χ0v) is 15.3. The molecule has 1 heterocycles. The van der Waals surface area contributed by atoms with Gasteiger partial charge in [0.05, 0.1) is 19.8 Å². The summed E-state index contributed by atoms with van der Waals surface area (Å²) in [6.07, 6.45) is -3.97. The van der Waals surface area contributed by atoms with Crippen LogP contribution in [0, 0.1) is 0 Å². The van der Waals surface area contributed by atoms with E-state index in [2.05, 4.69) is 0 Å². The van der Waals surface area contributed by atoms with E-state index in [0.29, 0.717) is 13.2 Å². The van der Waals surface area contributed by atoms with E-state index in [1.807, 2.05) is 60.7 Å². The van der Waals surface area contributed by atoms with Crippen LogP contribution in [0.1, 0.15) is 11.1 Å². The zero-order chi connectivity index (χ0) is 19.1. The summed E-state index contributed by atoms with van der Waals surface area (Å²) in [7, 11) is 1.48. The van der Waals surface area contributed by atoms with Gasteiger partial charge in [-0.05, 0) is 11.1 Å². The van der Waals surface area contributed by atoms with Crippen molar-refractivity contribution in [3.63, 3.8) is 0 Å². The van der Waals surface area contributed by atoms with Gasteiger partial charge in [0.2, 0.25) is 0 Å². The first-order valence-electron chi connectivity index (χ1n) is 9.01. The lowest BCUT2D eigenvalue weighted by Crippen LogP contribution is -2.60. The molecule has 27 heavy (non-hydrogen) atoms. The van der Waals surface area contributed by atoms with Crippen LogP contribution in [0.25, 0.3) is 0 Å². The summed E-state index contributed by atoms with van der Waals surface area (Å²) < 4.78 is 22.9. The number of hydrogen-bond acceptors (Lipinski definition) is 6. The Morgan fingerprint density at radius 1 is 0.852 bits per heavy atom. The van der Waals surface area contributed by atoms with Crippen molar-refractivity contribution >= 4 is 0 Å². The molecule has 0 radical (unpaired) electrons. The van der Waals surface area contributed by atoms with Crippen LogP contribution >= 0.6 is 0 Å². The Morgan fingerprint density at radius 2 is 1.37 bits per heavy atom. The SMILES string of the molecule is CO[C@H]1O[C@H](CO)[C@H](OCc2ccccc2)[C@H](O)[C@H]1OCc1ccccc1. The molecule has 5 atom stereocenters. The molecule has 1 saturated heterocycles. The standard InChI is InChI=1S/C21H26O6/c1-24-21-20(26-14-16-10-6-3-7-11-16)18(23)19(17(12-22)27-21)25-13-15-8-4-2-5-9-15/h2-11,17-23H,12-14H2,1H3/t17-,18+,19+,20-,21+/m1/s1. The number of ether oxygens (including phenoxy) is 4. The largest absolute Gasteiger partial charge is 0.394 e. The highest BCUT2D eigenvalue weighted by Gasteiger charge is 2.46. The second-order valence-corrected chi connectivity index (χ2v) is 6.47. The first kappa shape index (κ1) is 19.9. The topological polar surface area (TPSA) is 77.4 Å². The van der Waals surface area contributed by atoms with Crippen molar-refractivity contribution in [1.82, 2.24) is 0 Å². The van der Waals surface area contributed by atoms with Gasteiger partial charge < -0.3 is 29.2 Å². The zero-order valence-electron chi connectivity index (χ0n) is 15.3. The van der Waals surface area contributed by atoms with Crippen molar-refractivity contribution in [2.45, 2.75) is 43.9 Å². The van der Waals surface area contributed by atoms with Gasteiger partial charge in [0.1, 0.15) is 24.4 Å². The molecule has 0 spiro atoms. The fourth-order valence-electron chi connectivity index (χ4n) is 3.15. The van der Waals surface area contributed by atoms with Crippen molar-refractivity contribution in [1.29, 1.82) is 0 Å². The van der Waals surface area contributed by atoms with E-state index < -0.39 is 30.7 Å². The van der Waals surface area contributed by atoms with Gasteiger partial charge >= 0.3 is 0 Å². The average molecular weight is 374 g/mol. The lowest BCUT2D eigenvalue weighted by molar-refractivity contribution is -0.313. The van der Waals surface area contributed by atoms with E-state index in [1.165, 1.54) is 7.11 Å². The fraction of sp³-hybridized carbons (Fsp3) is 0.429. The molecule has 2 N–H and O–H groups in total. The van der Waals surface area contributed by atoms with Crippen molar-refractivity contribution in [3.8, 4) is 0 Å². The highest BCUT2D eigenvalue weighted by atomic mass is 16.7. The molecule has 146 valence electrons. The maximum atomic E-state index is 10.9. The molecule has 0 aliphatic carbocycles. The molecule has 6 heteroatoms. The van der Waals surface area contributed by atoms with Crippen LogP contribution in [0.5, 0.6) is 0 Å². The van der Waals surface area contributed by atoms with E-state index in [1.54, 1.807) is 0 Å². The van der Waals surface area contributed by atoms with Gasteiger partial charge in [-0.3, -0.25) is 0 Å². The first-order chi connectivity index (χ1) is 13.2. The quantitative estimate of drug-likeness (QED) is 0.735. The summed E-state index contributed by atoms with van der Waals surface area (Å²) in [4.78, 5) is 0. The Labute approximate surface area is 159 Å². The minimum Gasteiger partial charge on any atom is -0.394 e. The van der Waals surface area contributed by atoms with Gasteiger partial charge in [-0.2, -0.15) is 0 Å². The molecule has 1 aliphatic heterocycles. The minimum absolute atomic E-state index is 0.290. The molecule has 1 fully saturated rings. The number of aliphatic hydroxyl groups is 2. The van der Waals surface area contributed by atoms with Gasteiger partial charge in [-0.1, -0.05) is 60.7 Å². The third-order valence-corrected chi connectivity index (χ3v) is 4.60. The molecule has 1 aliphatic rings. The van der Waals surface area contributed by atoms with Crippen LogP contribution in [0.4, 0.5) is 0 Å². The Hall–Kier alpha value is -1.80. The van der Waals surface area contributed by atoms with E-state index in [4.69, 9.17) is 18.9 Å². The van der Waals surface area contributed by atoms with Gasteiger partial charge in [-0.25, -0.2) is 0 Å². The second kappa shape index (κ2) is 9.94. The molecule has 0 amide bonds. The van der Waals surface area contributed by atoms with Gasteiger partial charge in [0, 0.05) is 7.11 Å². The van der Waals surface area contributed by atoms with Crippen LogP contribution in [-0.2, 0) is 32.2 Å². The summed E-state index contributed by atoms with van der Waals surface area (Å²) >= 11 is 0. The molecule has 6 nitrogen and oxygen atoms in total. The Balaban J connectivity index is 1.68. The lowest BCUT2D eigenvalue weighted by atomic mass is 9.98. The van der Waals surface area contributed by atoms with Gasteiger partial charge in [0.15, 0.2) is 6.29 Å². The predicted octanol–water partition coefficient (Wildman–Crippen LogP) is 1.88. The van der Waals surface area contributed by atoms with Crippen molar-refractivity contribution in [3.05, 3.63) is 71.8 Å². The van der Waals surface area contributed by atoms with E-state index in [0.717, 1.165) is 11.1 Å². The number of hydrogen-bond donors (Lipinski definition) is 2. The van der Waals surface area contributed by atoms with Crippen LogP contribution in [-0.4, -0.2) is 54.6 Å². The van der Waals surface area contributed by atoms with Crippen molar-refractivity contribution in [2.24, 2.45) is 0 Å². The molecule has 3 rings (SSSR count). The third kappa shape index (κ3) is 5.13. The summed E-state index contributed by atoms with van der Waals surface area (Å²) in [5.41, 5.74) is 1.95. The molecular weight excluding hydrogens is 348 g/mol. The van der Waals surface area contributed by atoms with E-state index in [9.17, 15) is 10.2 Å². The molecule has 0 saturated carbocycles. The maximum Gasteiger partial charge on any atom is 0.186 e. The number of rotatable bonds is 8. The van der Waals surface area contributed by atoms with Crippen LogP contribution in [0.3, 0.4) is 0 Å². The normalized spacial score (nSPS) is 28.2. The second-order valence-electron chi connectivity index (χ2n) is 6.47. The van der Waals surface area contributed by atoms with Crippen molar-refractivity contribution in [2.75, 3.05) is 13.7 Å². The molecule has 0 unspecified atom stereocenters. The highest BCUT2D eigenvalue weighted by Crippen LogP contribution is 2.27. The van der Waals surface area contributed by atoms with Crippen LogP contribution in [0.15, 0.2) is 60.7 Å². The fourth-order valence-corrected chi connectivity index (χ4v) is 3.15. The maximum absolute atomic E-state index is 10.9.